The van der Waals surface area contributed by atoms with Gasteiger partial charge in [0.1, 0.15) is 23.4 Å². The van der Waals surface area contributed by atoms with Crippen LogP contribution in [0.2, 0.25) is 0 Å². The third kappa shape index (κ3) is 5.62. The van der Waals surface area contributed by atoms with Crippen molar-refractivity contribution in [2.45, 2.75) is 24.4 Å². The summed E-state index contributed by atoms with van der Waals surface area (Å²) in [6.07, 6.45) is 1.57. The number of methoxy groups -OCH3 is 1. The Labute approximate surface area is 219 Å². The number of nitrogen functional groups attached to an aromatic ring is 2. The minimum absolute atomic E-state index is 0.0465. The van der Waals surface area contributed by atoms with E-state index < -0.39 is 27.6 Å². The highest BCUT2D eigenvalue weighted by atomic mass is 32.2. The number of anilines is 3. The largest absolute Gasteiger partial charge is 0.497 e. The molecule has 11 heteroatoms. The van der Waals surface area contributed by atoms with E-state index in [1.54, 1.807) is 30.5 Å². The lowest BCUT2D eigenvalue weighted by Crippen LogP contribution is -2.34. The Morgan fingerprint density at radius 3 is 2.61 bits per heavy atom. The quantitative estimate of drug-likeness (QED) is 0.236. The number of nitrogens with zero attached hydrogens (tertiary/aromatic N) is 1. The second-order valence-corrected chi connectivity index (χ2v) is 10.8. The first-order valence-corrected chi connectivity index (χ1v) is 13.4. The second kappa shape index (κ2) is 10.9. The SMILES string of the molecule is CCS(=O)(=O)c1ccc(N)cc1CNC(=O)C(Nc1ccc2c(N)nccc2c1)c1cc(OC)ccc1F. The van der Waals surface area contributed by atoms with Gasteiger partial charge in [-0.3, -0.25) is 4.79 Å². The van der Waals surface area contributed by atoms with E-state index in [1.165, 1.54) is 50.4 Å². The van der Waals surface area contributed by atoms with Crippen molar-refractivity contribution in [3.63, 3.8) is 0 Å². The highest BCUT2D eigenvalue weighted by Crippen LogP contribution is 2.29. The summed E-state index contributed by atoms with van der Waals surface area (Å²) in [5, 5.41) is 7.34. The number of fused-ring (bicyclic) bond motifs is 1. The Morgan fingerprint density at radius 1 is 1.08 bits per heavy atom. The fourth-order valence-corrected chi connectivity index (χ4v) is 5.21. The number of carbonyl (C=O) groups excluding carboxylic acids is 1. The molecule has 0 aliphatic carbocycles. The van der Waals surface area contributed by atoms with Gasteiger partial charge in [-0.05, 0) is 71.6 Å². The average molecular weight is 538 g/mol. The molecule has 1 aromatic heterocycles. The van der Waals surface area contributed by atoms with Crippen LogP contribution in [0.15, 0.2) is 71.8 Å². The number of amides is 1. The standard InChI is InChI=1S/C27H28FN5O4S/c1-3-38(35,36)24-9-4-18(29)12-17(24)15-32-27(34)25(22-14-20(37-2)6-8-23(22)28)33-19-5-7-21-16(13-19)10-11-31-26(21)30/h4-14,25,33H,3,15,29H2,1-2H3,(H2,30,31)(H,32,34). The maximum Gasteiger partial charge on any atom is 0.247 e. The van der Waals surface area contributed by atoms with Crippen molar-refractivity contribution >= 4 is 43.7 Å². The number of nitrogens with two attached hydrogens (primary N) is 2. The Balaban J connectivity index is 1.69. The molecule has 1 atom stereocenters. The van der Waals surface area contributed by atoms with Gasteiger partial charge in [0.2, 0.25) is 5.91 Å². The molecule has 0 aliphatic rings. The van der Waals surface area contributed by atoms with Crippen LogP contribution in [0.3, 0.4) is 0 Å². The molecule has 0 fully saturated rings. The van der Waals surface area contributed by atoms with Gasteiger partial charge in [-0.25, -0.2) is 17.8 Å². The molecule has 0 saturated carbocycles. The molecule has 4 rings (SSSR count). The minimum atomic E-state index is -3.57. The van der Waals surface area contributed by atoms with Gasteiger partial charge in [-0.2, -0.15) is 0 Å². The number of hydrogen-bond donors (Lipinski definition) is 4. The highest BCUT2D eigenvalue weighted by molar-refractivity contribution is 7.91. The molecule has 38 heavy (non-hydrogen) atoms. The summed E-state index contributed by atoms with van der Waals surface area (Å²) in [6, 6.07) is 14.3. The van der Waals surface area contributed by atoms with Crippen molar-refractivity contribution in [2.75, 3.05) is 29.6 Å². The lowest BCUT2D eigenvalue weighted by molar-refractivity contribution is -0.122. The zero-order valence-electron chi connectivity index (χ0n) is 20.9. The molecule has 9 nitrogen and oxygen atoms in total. The van der Waals surface area contributed by atoms with E-state index in [1.807, 2.05) is 0 Å². The van der Waals surface area contributed by atoms with Crippen molar-refractivity contribution in [3.05, 3.63) is 83.8 Å². The molecule has 0 aliphatic heterocycles. The smallest absolute Gasteiger partial charge is 0.247 e. The lowest BCUT2D eigenvalue weighted by Gasteiger charge is -2.22. The first-order valence-electron chi connectivity index (χ1n) is 11.8. The number of ether oxygens (including phenoxy) is 1. The van der Waals surface area contributed by atoms with Crippen molar-refractivity contribution in [3.8, 4) is 5.75 Å². The van der Waals surface area contributed by atoms with Crippen LogP contribution in [0, 0.1) is 5.82 Å². The first-order chi connectivity index (χ1) is 18.1. The molecule has 0 spiro atoms. The van der Waals surface area contributed by atoms with E-state index in [0.717, 1.165) is 10.8 Å². The minimum Gasteiger partial charge on any atom is -0.497 e. The van der Waals surface area contributed by atoms with Crippen molar-refractivity contribution in [2.24, 2.45) is 0 Å². The average Bonchev–Trinajstić information content (AvgIpc) is 2.91. The summed E-state index contributed by atoms with van der Waals surface area (Å²) in [5.41, 5.74) is 13.1. The number of benzene rings is 3. The van der Waals surface area contributed by atoms with E-state index in [0.29, 0.717) is 28.5 Å². The van der Waals surface area contributed by atoms with Crippen molar-refractivity contribution < 1.29 is 22.3 Å². The maximum absolute atomic E-state index is 15.0. The predicted molar refractivity (Wildman–Crippen MR) is 146 cm³/mol. The zero-order chi connectivity index (χ0) is 27.4. The molecule has 1 unspecified atom stereocenters. The number of sulfone groups is 1. The van der Waals surface area contributed by atoms with Crippen LogP contribution in [0.25, 0.3) is 10.8 Å². The third-order valence-electron chi connectivity index (χ3n) is 6.14. The van der Waals surface area contributed by atoms with Gasteiger partial charge in [0.15, 0.2) is 9.84 Å². The number of hydrogen-bond acceptors (Lipinski definition) is 8. The molecule has 6 N–H and O–H groups in total. The molecule has 0 saturated heterocycles. The molecular weight excluding hydrogens is 509 g/mol. The van der Waals surface area contributed by atoms with Crippen LogP contribution < -0.4 is 26.8 Å². The van der Waals surface area contributed by atoms with Crippen LogP contribution in [0.1, 0.15) is 24.1 Å². The predicted octanol–water partition coefficient (Wildman–Crippen LogP) is 3.81. The van der Waals surface area contributed by atoms with E-state index in [9.17, 15) is 13.2 Å². The number of carbonyl (C=O) groups is 1. The summed E-state index contributed by atoms with van der Waals surface area (Å²) >= 11 is 0. The van der Waals surface area contributed by atoms with Crippen LogP contribution >= 0.6 is 0 Å². The van der Waals surface area contributed by atoms with Crippen LogP contribution in [-0.4, -0.2) is 32.2 Å². The van der Waals surface area contributed by atoms with E-state index in [-0.39, 0.29) is 22.8 Å². The maximum atomic E-state index is 15.0. The summed E-state index contributed by atoms with van der Waals surface area (Å²) in [7, 11) is -2.13. The number of aromatic nitrogens is 1. The Morgan fingerprint density at radius 2 is 1.87 bits per heavy atom. The van der Waals surface area contributed by atoms with Crippen molar-refractivity contribution in [1.82, 2.24) is 10.3 Å². The number of halogens is 1. The Kier molecular flexibility index (Phi) is 7.67. The number of rotatable bonds is 9. The molecule has 3 aromatic carbocycles. The summed E-state index contributed by atoms with van der Waals surface area (Å²) in [6.45, 7) is 1.40. The monoisotopic (exact) mass is 537 g/mol. The molecule has 4 aromatic rings. The fourth-order valence-electron chi connectivity index (χ4n) is 4.09. The van der Waals surface area contributed by atoms with Crippen LogP contribution in [-0.2, 0) is 21.2 Å². The van der Waals surface area contributed by atoms with Gasteiger partial charge in [-0.15, -0.1) is 0 Å². The highest BCUT2D eigenvalue weighted by Gasteiger charge is 2.26. The topological polar surface area (TPSA) is 149 Å². The van der Waals surface area contributed by atoms with Gasteiger partial charge in [0.25, 0.3) is 0 Å². The summed E-state index contributed by atoms with van der Waals surface area (Å²) in [4.78, 5) is 17.7. The van der Waals surface area contributed by atoms with E-state index in [2.05, 4.69) is 15.6 Å². The molecular formula is C27H28FN5O4S. The van der Waals surface area contributed by atoms with Crippen LogP contribution in [0.5, 0.6) is 5.75 Å². The zero-order valence-corrected chi connectivity index (χ0v) is 21.7. The fraction of sp³-hybridized carbons (Fsp3) is 0.185. The van der Waals surface area contributed by atoms with Gasteiger partial charge in [-0.1, -0.05) is 6.92 Å². The Bertz CT molecular complexity index is 1610. The molecule has 1 amide bonds. The van der Waals surface area contributed by atoms with Crippen molar-refractivity contribution in [1.29, 1.82) is 0 Å². The van der Waals surface area contributed by atoms with E-state index >= 15 is 4.39 Å². The number of pyridine rings is 1. The normalized spacial score (nSPS) is 12.2. The van der Waals surface area contributed by atoms with E-state index in [4.69, 9.17) is 16.2 Å². The molecule has 198 valence electrons. The lowest BCUT2D eigenvalue weighted by atomic mass is 10.0. The first kappa shape index (κ1) is 26.7. The number of nitrogens with one attached hydrogen (secondary N) is 2. The van der Waals surface area contributed by atoms with Gasteiger partial charge >= 0.3 is 0 Å². The molecule has 1 heterocycles. The summed E-state index contributed by atoms with van der Waals surface area (Å²) in [5.74, 6) is -0.591. The van der Waals surface area contributed by atoms with Gasteiger partial charge in [0, 0.05) is 35.1 Å². The summed E-state index contributed by atoms with van der Waals surface area (Å²) < 4.78 is 45.4. The molecule has 0 bridgehead atoms. The molecule has 0 radical (unpaired) electrons. The Hall–Kier alpha value is -4.38. The van der Waals surface area contributed by atoms with Gasteiger partial charge < -0.3 is 26.8 Å². The second-order valence-electron chi connectivity index (χ2n) is 8.59. The van der Waals surface area contributed by atoms with Crippen LogP contribution in [0.4, 0.5) is 21.6 Å². The third-order valence-corrected chi connectivity index (χ3v) is 7.96. The van der Waals surface area contributed by atoms with Gasteiger partial charge in [0.05, 0.1) is 17.8 Å².